The van der Waals surface area contributed by atoms with E-state index in [-0.39, 0.29) is 17.8 Å². The first kappa shape index (κ1) is 7.32. The molecule has 0 aliphatic carbocycles. The summed E-state index contributed by atoms with van der Waals surface area (Å²) in [4.78, 5) is 10.8. The van der Waals surface area contributed by atoms with Crippen LogP contribution in [0.5, 0.6) is 0 Å². The lowest BCUT2D eigenvalue weighted by Gasteiger charge is -2.08. The minimum Gasteiger partial charge on any atom is -0.465 e. The second-order valence-electron chi connectivity index (χ2n) is 2.87. The molecular formula is C8H12O2. The van der Waals surface area contributed by atoms with Gasteiger partial charge in [-0.2, -0.15) is 0 Å². The summed E-state index contributed by atoms with van der Waals surface area (Å²) in [6, 6.07) is 0. The summed E-state index contributed by atoms with van der Waals surface area (Å²) in [6.07, 6.45) is 0. The summed E-state index contributed by atoms with van der Waals surface area (Å²) in [5.41, 5.74) is 1.04. The summed E-state index contributed by atoms with van der Waals surface area (Å²) >= 11 is 0. The molecule has 1 heterocycles. The molecule has 0 aromatic carbocycles. The van der Waals surface area contributed by atoms with E-state index in [4.69, 9.17) is 4.74 Å². The van der Waals surface area contributed by atoms with Gasteiger partial charge in [-0.25, -0.2) is 0 Å². The van der Waals surface area contributed by atoms with Gasteiger partial charge >= 0.3 is 5.97 Å². The summed E-state index contributed by atoms with van der Waals surface area (Å²) in [7, 11) is 0. The number of esters is 1. The molecule has 1 aliphatic rings. The molecule has 0 saturated carbocycles. The Kier molecular flexibility index (Phi) is 1.79. The highest BCUT2D eigenvalue weighted by atomic mass is 16.5. The third kappa shape index (κ3) is 1.06. The molecular weight excluding hydrogens is 128 g/mol. The number of carbonyl (C=O) groups excluding carboxylic acids is 1. The molecule has 0 unspecified atom stereocenters. The first-order chi connectivity index (χ1) is 4.63. The van der Waals surface area contributed by atoms with Crippen LogP contribution in [0, 0.1) is 11.8 Å². The number of carbonyl (C=O) groups is 1. The zero-order valence-corrected chi connectivity index (χ0v) is 6.39. The van der Waals surface area contributed by atoms with E-state index in [1.54, 1.807) is 0 Å². The Morgan fingerprint density at radius 2 is 2.40 bits per heavy atom. The van der Waals surface area contributed by atoms with Crippen LogP contribution in [0.15, 0.2) is 12.2 Å². The van der Waals surface area contributed by atoms with Gasteiger partial charge in [-0.1, -0.05) is 19.1 Å². The summed E-state index contributed by atoms with van der Waals surface area (Å²) in [6.45, 7) is 8.13. The maximum absolute atomic E-state index is 10.8. The predicted octanol–water partition coefficient (Wildman–Crippen LogP) is 1.37. The van der Waals surface area contributed by atoms with Crippen molar-refractivity contribution in [3.63, 3.8) is 0 Å². The van der Waals surface area contributed by atoms with Crippen molar-refractivity contribution < 1.29 is 9.53 Å². The molecule has 2 nitrogen and oxygen atoms in total. The normalized spacial score (nSPS) is 32.0. The van der Waals surface area contributed by atoms with Crippen LogP contribution in [0.3, 0.4) is 0 Å². The molecule has 0 amide bonds. The fourth-order valence-electron chi connectivity index (χ4n) is 1.18. The van der Waals surface area contributed by atoms with Gasteiger partial charge in [0.15, 0.2) is 0 Å². The zero-order valence-electron chi connectivity index (χ0n) is 6.39. The van der Waals surface area contributed by atoms with Crippen molar-refractivity contribution in [2.24, 2.45) is 11.8 Å². The van der Waals surface area contributed by atoms with Crippen LogP contribution >= 0.6 is 0 Å². The Bertz CT molecular complexity index is 172. The van der Waals surface area contributed by atoms with E-state index < -0.39 is 0 Å². The van der Waals surface area contributed by atoms with E-state index >= 15 is 0 Å². The molecule has 1 fully saturated rings. The van der Waals surface area contributed by atoms with Gasteiger partial charge in [0.05, 0.1) is 12.5 Å². The van der Waals surface area contributed by atoms with Gasteiger partial charge in [0.25, 0.3) is 0 Å². The van der Waals surface area contributed by atoms with Crippen molar-refractivity contribution in [1.29, 1.82) is 0 Å². The van der Waals surface area contributed by atoms with Crippen LogP contribution in [-0.2, 0) is 9.53 Å². The van der Waals surface area contributed by atoms with Crippen molar-refractivity contribution in [1.82, 2.24) is 0 Å². The monoisotopic (exact) mass is 140 g/mol. The average molecular weight is 140 g/mol. The van der Waals surface area contributed by atoms with Crippen LogP contribution in [0.2, 0.25) is 0 Å². The Morgan fingerprint density at radius 3 is 2.60 bits per heavy atom. The highest BCUT2D eigenvalue weighted by molar-refractivity contribution is 5.74. The first-order valence-electron chi connectivity index (χ1n) is 3.45. The van der Waals surface area contributed by atoms with E-state index in [9.17, 15) is 4.79 Å². The Morgan fingerprint density at radius 1 is 1.80 bits per heavy atom. The van der Waals surface area contributed by atoms with Gasteiger partial charge in [0, 0.05) is 5.92 Å². The topological polar surface area (TPSA) is 26.3 Å². The number of hydrogen-bond acceptors (Lipinski definition) is 2. The highest BCUT2D eigenvalue weighted by Gasteiger charge is 2.32. The number of cyclic esters (lactones) is 1. The second-order valence-corrected chi connectivity index (χ2v) is 2.87. The fraction of sp³-hybridized carbons (Fsp3) is 0.625. The van der Waals surface area contributed by atoms with Crippen LogP contribution in [0.4, 0.5) is 0 Å². The van der Waals surface area contributed by atoms with Crippen LogP contribution in [0.25, 0.3) is 0 Å². The minimum absolute atomic E-state index is 0.0116. The van der Waals surface area contributed by atoms with Gasteiger partial charge in [-0.05, 0) is 6.92 Å². The summed E-state index contributed by atoms with van der Waals surface area (Å²) in [5, 5.41) is 0. The molecule has 2 atom stereocenters. The third-order valence-electron chi connectivity index (χ3n) is 2.01. The van der Waals surface area contributed by atoms with Crippen molar-refractivity contribution in [3.8, 4) is 0 Å². The highest BCUT2D eigenvalue weighted by Crippen LogP contribution is 2.26. The van der Waals surface area contributed by atoms with Gasteiger partial charge in [0.1, 0.15) is 0 Å². The van der Waals surface area contributed by atoms with Gasteiger partial charge in [-0.15, -0.1) is 0 Å². The molecule has 2 heteroatoms. The summed E-state index contributed by atoms with van der Waals surface area (Å²) < 4.78 is 4.84. The fourth-order valence-corrected chi connectivity index (χ4v) is 1.18. The van der Waals surface area contributed by atoms with E-state index in [0.29, 0.717) is 6.61 Å². The second kappa shape index (κ2) is 2.45. The number of ether oxygens (including phenoxy) is 1. The quantitative estimate of drug-likeness (QED) is 0.406. The smallest absolute Gasteiger partial charge is 0.309 e. The maximum atomic E-state index is 10.8. The van der Waals surface area contributed by atoms with Gasteiger partial charge in [-0.3, -0.25) is 4.79 Å². The molecule has 0 bridgehead atoms. The van der Waals surface area contributed by atoms with E-state index in [0.717, 1.165) is 5.57 Å². The molecule has 0 aromatic rings. The van der Waals surface area contributed by atoms with Crippen molar-refractivity contribution in [2.75, 3.05) is 6.61 Å². The molecule has 0 N–H and O–H groups in total. The summed E-state index contributed by atoms with van der Waals surface area (Å²) in [5.74, 6) is 0.165. The SMILES string of the molecule is C=C(C)[C@@H]1COC(=O)[C@@H]1C. The molecule has 1 rings (SSSR count). The number of rotatable bonds is 1. The van der Waals surface area contributed by atoms with Crippen molar-refractivity contribution in [3.05, 3.63) is 12.2 Å². The van der Waals surface area contributed by atoms with E-state index in [2.05, 4.69) is 6.58 Å². The average Bonchev–Trinajstić information content (AvgIpc) is 2.14. The molecule has 0 spiro atoms. The molecule has 1 aliphatic heterocycles. The van der Waals surface area contributed by atoms with Gasteiger partial charge in [0.2, 0.25) is 0 Å². The van der Waals surface area contributed by atoms with Crippen molar-refractivity contribution >= 4 is 5.97 Å². The Labute approximate surface area is 60.9 Å². The zero-order chi connectivity index (χ0) is 7.72. The predicted molar refractivity (Wildman–Crippen MR) is 38.4 cm³/mol. The van der Waals surface area contributed by atoms with Crippen molar-refractivity contribution in [2.45, 2.75) is 13.8 Å². The minimum atomic E-state index is -0.0898. The Balaban J connectivity index is 2.66. The van der Waals surface area contributed by atoms with Crippen LogP contribution in [-0.4, -0.2) is 12.6 Å². The lowest BCUT2D eigenvalue weighted by molar-refractivity contribution is -0.140. The Hall–Kier alpha value is -0.790. The van der Waals surface area contributed by atoms with E-state index in [1.165, 1.54) is 0 Å². The molecule has 1 saturated heterocycles. The standard InChI is InChI=1S/C8H12O2/c1-5(2)7-4-10-8(9)6(7)3/h6-7H,1,4H2,2-3H3/t6-,7+/m1/s1. The van der Waals surface area contributed by atoms with E-state index in [1.807, 2.05) is 13.8 Å². The first-order valence-corrected chi connectivity index (χ1v) is 3.45. The number of hydrogen-bond donors (Lipinski definition) is 0. The largest absolute Gasteiger partial charge is 0.465 e. The van der Waals surface area contributed by atoms with Gasteiger partial charge < -0.3 is 4.74 Å². The molecule has 10 heavy (non-hydrogen) atoms. The maximum Gasteiger partial charge on any atom is 0.309 e. The van der Waals surface area contributed by atoms with Crippen LogP contribution in [0.1, 0.15) is 13.8 Å². The third-order valence-corrected chi connectivity index (χ3v) is 2.01. The lowest BCUT2D eigenvalue weighted by atomic mass is 9.92. The molecule has 0 aromatic heterocycles. The molecule has 0 radical (unpaired) electrons. The van der Waals surface area contributed by atoms with Crippen LogP contribution < -0.4 is 0 Å². The lowest BCUT2D eigenvalue weighted by Crippen LogP contribution is -2.12. The molecule has 56 valence electrons.